The summed E-state index contributed by atoms with van der Waals surface area (Å²) < 4.78 is 18.5. The molecule has 0 unspecified atom stereocenters. The van der Waals surface area contributed by atoms with Crippen molar-refractivity contribution in [1.82, 2.24) is 15.3 Å². The fourth-order valence-corrected chi connectivity index (χ4v) is 2.12. The van der Waals surface area contributed by atoms with Gasteiger partial charge in [-0.25, -0.2) is 14.4 Å². The molecule has 0 aliphatic rings. The summed E-state index contributed by atoms with van der Waals surface area (Å²) >= 11 is 0. The first-order chi connectivity index (χ1) is 11.0. The standard InChI is InChI=1S/C16H19FN4O2/c1-10(7-11-3-4-13(23-2)12(17)8-11)16(22)20-9-15-19-6-5-14(18)21-15/h3-6,8,10H,7,9H2,1-2H3,(H,20,22)(H2,18,19,21)/t10-/m0/s1. The third-order valence-electron chi connectivity index (χ3n) is 3.35. The van der Waals surface area contributed by atoms with E-state index in [2.05, 4.69) is 15.3 Å². The number of nitrogens with two attached hydrogens (primary N) is 1. The molecule has 0 bridgehead atoms. The zero-order valence-electron chi connectivity index (χ0n) is 13.0. The van der Waals surface area contributed by atoms with Crippen molar-refractivity contribution in [3.8, 4) is 5.75 Å². The second-order valence-electron chi connectivity index (χ2n) is 5.19. The van der Waals surface area contributed by atoms with Gasteiger partial charge in [0.25, 0.3) is 0 Å². The minimum atomic E-state index is -0.439. The summed E-state index contributed by atoms with van der Waals surface area (Å²) in [6, 6.07) is 6.25. The molecule has 2 rings (SSSR count). The van der Waals surface area contributed by atoms with Crippen LogP contribution in [0.1, 0.15) is 18.3 Å². The minimum Gasteiger partial charge on any atom is -0.494 e. The SMILES string of the molecule is COc1ccc(C[C@H](C)C(=O)NCc2nccc(N)n2)cc1F. The molecule has 6 nitrogen and oxygen atoms in total. The molecule has 1 amide bonds. The fraction of sp³-hybridized carbons (Fsp3) is 0.312. The Kier molecular flexibility index (Phi) is 5.46. The van der Waals surface area contributed by atoms with Gasteiger partial charge in [0.15, 0.2) is 11.6 Å². The molecule has 1 aromatic carbocycles. The van der Waals surface area contributed by atoms with E-state index in [1.807, 2.05) is 0 Å². The maximum absolute atomic E-state index is 13.7. The van der Waals surface area contributed by atoms with E-state index in [4.69, 9.17) is 10.5 Å². The Morgan fingerprint density at radius 2 is 2.22 bits per heavy atom. The van der Waals surface area contributed by atoms with Crippen molar-refractivity contribution in [2.45, 2.75) is 19.9 Å². The van der Waals surface area contributed by atoms with Gasteiger partial charge in [-0.1, -0.05) is 13.0 Å². The monoisotopic (exact) mass is 318 g/mol. The summed E-state index contributed by atoms with van der Waals surface area (Å²) in [4.78, 5) is 20.1. The molecule has 0 saturated heterocycles. The maximum Gasteiger partial charge on any atom is 0.223 e. The van der Waals surface area contributed by atoms with Crippen LogP contribution in [-0.4, -0.2) is 23.0 Å². The van der Waals surface area contributed by atoms with Gasteiger partial charge in [-0.15, -0.1) is 0 Å². The van der Waals surface area contributed by atoms with E-state index in [0.29, 0.717) is 18.1 Å². The first-order valence-electron chi connectivity index (χ1n) is 7.17. The van der Waals surface area contributed by atoms with E-state index in [-0.39, 0.29) is 24.1 Å². The second kappa shape index (κ2) is 7.53. The molecule has 0 radical (unpaired) electrons. The van der Waals surface area contributed by atoms with Crippen molar-refractivity contribution in [3.63, 3.8) is 0 Å². The van der Waals surface area contributed by atoms with Crippen LogP contribution in [0.5, 0.6) is 5.75 Å². The number of methoxy groups -OCH3 is 1. The number of nitrogens with zero attached hydrogens (tertiary/aromatic N) is 2. The van der Waals surface area contributed by atoms with E-state index >= 15 is 0 Å². The molecular weight excluding hydrogens is 299 g/mol. The summed E-state index contributed by atoms with van der Waals surface area (Å²) in [5.41, 5.74) is 6.28. The highest BCUT2D eigenvalue weighted by Crippen LogP contribution is 2.19. The summed E-state index contributed by atoms with van der Waals surface area (Å²) in [6.45, 7) is 1.98. The summed E-state index contributed by atoms with van der Waals surface area (Å²) in [7, 11) is 1.41. The molecule has 1 aromatic heterocycles. The van der Waals surface area contributed by atoms with Crippen LogP contribution in [0.25, 0.3) is 0 Å². The Labute approximate surface area is 133 Å². The smallest absolute Gasteiger partial charge is 0.223 e. The third kappa shape index (κ3) is 4.64. The van der Waals surface area contributed by atoms with Gasteiger partial charge in [0.1, 0.15) is 11.6 Å². The quantitative estimate of drug-likeness (QED) is 0.846. The van der Waals surface area contributed by atoms with Crippen LogP contribution in [0.15, 0.2) is 30.5 Å². The summed E-state index contributed by atoms with van der Waals surface area (Å²) in [6.07, 6.45) is 1.96. The molecule has 23 heavy (non-hydrogen) atoms. The van der Waals surface area contributed by atoms with Crippen LogP contribution >= 0.6 is 0 Å². The Morgan fingerprint density at radius 3 is 2.87 bits per heavy atom. The Balaban J connectivity index is 1.91. The zero-order chi connectivity index (χ0) is 16.8. The van der Waals surface area contributed by atoms with E-state index in [1.54, 1.807) is 25.1 Å². The van der Waals surface area contributed by atoms with E-state index in [0.717, 1.165) is 5.56 Å². The van der Waals surface area contributed by atoms with Crippen LogP contribution in [-0.2, 0) is 17.8 Å². The number of amides is 1. The molecule has 3 N–H and O–H groups in total. The lowest BCUT2D eigenvalue weighted by Gasteiger charge is -2.12. The molecule has 0 aliphatic carbocycles. The first-order valence-corrected chi connectivity index (χ1v) is 7.17. The average molecular weight is 318 g/mol. The number of nitrogens with one attached hydrogen (secondary N) is 1. The summed E-state index contributed by atoms with van der Waals surface area (Å²) in [5, 5.41) is 2.75. The van der Waals surface area contributed by atoms with E-state index < -0.39 is 5.82 Å². The lowest BCUT2D eigenvalue weighted by Crippen LogP contribution is -2.30. The minimum absolute atomic E-state index is 0.160. The number of rotatable bonds is 6. The van der Waals surface area contributed by atoms with Crippen LogP contribution < -0.4 is 15.8 Å². The number of ether oxygens (including phenoxy) is 1. The van der Waals surface area contributed by atoms with Gasteiger partial charge in [-0.2, -0.15) is 0 Å². The lowest BCUT2D eigenvalue weighted by molar-refractivity contribution is -0.124. The number of carbonyl (C=O) groups excluding carboxylic acids is 1. The van der Waals surface area contributed by atoms with Gasteiger partial charge in [0.2, 0.25) is 5.91 Å². The van der Waals surface area contributed by atoms with Crippen molar-refractivity contribution < 1.29 is 13.9 Å². The lowest BCUT2D eigenvalue weighted by atomic mass is 10.00. The zero-order valence-corrected chi connectivity index (χ0v) is 13.0. The van der Waals surface area contributed by atoms with Gasteiger partial charge in [-0.05, 0) is 30.2 Å². The number of hydrogen-bond donors (Lipinski definition) is 2. The largest absolute Gasteiger partial charge is 0.494 e. The topological polar surface area (TPSA) is 90.1 Å². The molecule has 1 heterocycles. The number of carbonyl (C=O) groups is 1. The molecule has 0 spiro atoms. The highest BCUT2D eigenvalue weighted by Gasteiger charge is 2.15. The van der Waals surface area contributed by atoms with Gasteiger partial charge >= 0.3 is 0 Å². The van der Waals surface area contributed by atoms with E-state index in [1.165, 1.54) is 19.4 Å². The number of benzene rings is 1. The van der Waals surface area contributed by atoms with Crippen molar-refractivity contribution in [2.75, 3.05) is 12.8 Å². The molecule has 2 aromatic rings. The molecule has 1 atom stereocenters. The van der Waals surface area contributed by atoms with Crippen LogP contribution in [0.2, 0.25) is 0 Å². The van der Waals surface area contributed by atoms with E-state index in [9.17, 15) is 9.18 Å². The highest BCUT2D eigenvalue weighted by atomic mass is 19.1. The number of anilines is 1. The van der Waals surface area contributed by atoms with Crippen molar-refractivity contribution in [3.05, 3.63) is 47.7 Å². The third-order valence-corrected chi connectivity index (χ3v) is 3.35. The molecule has 122 valence electrons. The number of aromatic nitrogens is 2. The second-order valence-corrected chi connectivity index (χ2v) is 5.19. The van der Waals surface area contributed by atoms with Crippen molar-refractivity contribution in [1.29, 1.82) is 0 Å². The van der Waals surface area contributed by atoms with Gasteiger partial charge < -0.3 is 15.8 Å². The Hall–Kier alpha value is -2.70. The van der Waals surface area contributed by atoms with Crippen LogP contribution in [0.3, 0.4) is 0 Å². The van der Waals surface area contributed by atoms with Crippen LogP contribution in [0.4, 0.5) is 10.2 Å². The number of nitrogen functional groups attached to an aromatic ring is 1. The number of hydrogen-bond acceptors (Lipinski definition) is 5. The molecule has 0 fully saturated rings. The maximum atomic E-state index is 13.7. The normalized spacial score (nSPS) is 11.8. The highest BCUT2D eigenvalue weighted by molar-refractivity contribution is 5.78. The van der Waals surface area contributed by atoms with Crippen molar-refractivity contribution >= 4 is 11.7 Å². The summed E-state index contributed by atoms with van der Waals surface area (Å²) in [5.74, 6) is 0.0681. The van der Waals surface area contributed by atoms with Crippen molar-refractivity contribution in [2.24, 2.45) is 5.92 Å². The Morgan fingerprint density at radius 1 is 1.43 bits per heavy atom. The number of halogens is 1. The predicted molar refractivity (Wildman–Crippen MR) is 84.1 cm³/mol. The van der Waals surface area contributed by atoms with Crippen LogP contribution in [0, 0.1) is 11.7 Å². The predicted octanol–water partition coefficient (Wildman–Crippen LogP) is 1.70. The molecule has 0 saturated carbocycles. The fourth-order valence-electron chi connectivity index (χ4n) is 2.12. The average Bonchev–Trinajstić information content (AvgIpc) is 2.53. The molecule has 7 heteroatoms. The molecular formula is C16H19FN4O2. The first kappa shape index (κ1) is 16.7. The Bertz CT molecular complexity index is 694. The van der Waals surface area contributed by atoms with Gasteiger partial charge in [0, 0.05) is 12.1 Å². The molecule has 0 aliphatic heterocycles. The van der Waals surface area contributed by atoms with Gasteiger partial charge in [-0.3, -0.25) is 4.79 Å². The van der Waals surface area contributed by atoms with Gasteiger partial charge in [0.05, 0.1) is 13.7 Å².